The quantitative estimate of drug-likeness (QED) is 0.876. The number of nitrogen functional groups attached to an aromatic ring is 1. The average molecular weight is 244 g/mol. The topological polar surface area (TPSA) is 66.0 Å². The van der Waals surface area contributed by atoms with Crippen LogP contribution in [0.4, 0.5) is 5.82 Å². The molecule has 0 saturated carbocycles. The molecule has 1 atom stereocenters. The molecule has 0 aliphatic carbocycles. The van der Waals surface area contributed by atoms with Crippen LogP contribution in [0, 0.1) is 0 Å². The highest BCUT2D eigenvalue weighted by molar-refractivity contribution is 5.76. The molecule has 2 aromatic heterocycles. The van der Waals surface area contributed by atoms with E-state index in [4.69, 9.17) is 10.5 Å². The molecule has 5 heteroatoms. The van der Waals surface area contributed by atoms with E-state index in [1.807, 2.05) is 19.2 Å². The van der Waals surface area contributed by atoms with Gasteiger partial charge in [-0.3, -0.25) is 9.67 Å². The van der Waals surface area contributed by atoms with E-state index >= 15 is 0 Å². The molecule has 0 spiro atoms. The summed E-state index contributed by atoms with van der Waals surface area (Å²) in [5, 5.41) is 4.51. The summed E-state index contributed by atoms with van der Waals surface area (Å²) < 4.78 is 7.44. The lowest BCUT2D eigenvalue weighted by molar-refractivity contribution is 0.108. The zero-order chi connectivity index (χ0) is 12.5. The Morgan fingerprint density at radius 2 is 2.17 bits per heavy atom. The molecule has 1 saturated heterocycles. The molecule has 0 bridgehead atoms. The van der Waals surface area contributed by atoms with Crippen molar-refractivity contribution in [3.05, 3.63) is 30.2 Å². The first-order valence-electron chi connectivity index (χ1n) is 6.11. The summed E-state index contributed by atoms with van der Waals surface area (Å²) in [4.78, 5) is 4.04. The van der Waals surface area contributed by atoms with Gasteiger partial charge < -0.3 is 10.5 Å². The molecule has 3 heterocycles. The number of aromatic nitrogens is 3. The normalized spacial score (nSPS) is 19.3. The highest BCUT2D eigenvalue weighted by Crippen LogP contribution is 2.37. The minimum absolute atomic E-state index is 0.0664. The van der Waals surface area contributed by atoms with Gasteiger partial charge in [0.2, 0.25) is 0 Å². The van der Waals surface area contributed by atoms with Crippen LogP contribution >= 0.6 is 0 Å². The van der Waals surface area contributed by atoms with Gasteiger partial charge in [0.25, 0.3) is 0 Å². The lowest BCUT2D eigenvalue weighted by atomic mass is 10.0. The molecule has 1 aliphatic rings. The van der Waals surface area contributed by atoms with Gasteiger partial charge in [-0.25, -0.2) is 0 Å². The van der Waals surface area contributed by atoms with Gasteiger partial charge in [-0.2, -0.15) is 5.10 Å². The Kier molecular flexibility index (Phi) is 2.76. The van der Waals surface area contributed by atoms with Crippen LogP contribution in [-0.2, 0) is 11.8 Å². The van der Waals surface area contributed by atoms with Gasteiger partial charge in [0, 0.05) is 31.6 Å². The van der Waals surface area contributed by atoms with E-state index in [0.29, 0.717) is 5.82 Å². The van der Waals surface area contributed by atoms with Crippen LogP contribution in [0.15, 0.2) is 24.5 Å². The summed E-state index contributed by atoms with van der Waals surface area (Å²) in [5.74, 6) is 0.673. The third kappa shape index (κ3) is 1.76. The van der Waals surface area contributed by atoms with Crippen molar-refractivity contribution >= 4 is 5.82 Å². The fourth-order valence-electron chi connectivity index (χ4n) is 2.39. The summed E-state index contributed by atoms with van der Waals surface area (Å²) in [6, 6.07) is 3.90. The monoisotopic (exact) mass is 244 g/mol. The van der Waals surface area contributed by atoms with Gasteiger partial charge in [0.15, 0.2) is 0 Å². The minimum Gasteiger partial charge on any atom is -0.383 e. The number of rotatable bonds is 2. The number of nitrogens with two attached hydrogens (primary N) is 1. The fourth-order valence-corrected chi connectivity index (χ4v) is 2.39. The van der Waals surface area contributed by atoms with Crippen LogP contribution in [0.5, 0.6) is 0 Å². The molecule has 94 valence electrons. The summed E-state index contributed by atoms with van der Waals surface area (Å²) in [6.45, 7) is 0.803. The third-order valence-corrected chi connectivity index (χ3v) is 3.32. The van der Waals surface area contributed by atoms with Gasteiger partial charge >= 0.3 is 0 Å². The molecule has 3 rings (SSSR count). The Balaban J connectivity index is 2.12. The number of nitrogens with zero attached hydrogens (tertiary/aromatic N) is 3. The van der Waals surface area contributed by atoms with Crippen LogP contribution in [0.3, 0.4) is 0 Å². The van der Waals surface area contributed by atoms with Crippen molar-refractivity contribution in [3.63, 3.8) is 0 Å². The second-order valence-electron chi connectivity index (χ2n) is 4.51. The highest BCUT2D eigenvalue weighted by atomic mass is 16.5. The molecular weight excluding hydrogens is 228 g/mol. The van der Waals surface area contributed by atoms with Crippen LogP contribution < -0.4 is 5.73 Å². The van der Waals surface area contributed by atoms with Crippen LogP contribution in [0.1, 0.15) is 24.6 Å². The Morgan fingerprint density at radius 3 is 2.83 bits per heavy atom. The predicted octanol–water partition coefficient (Wildman–Crippen LogP) is 1.92. The van der Waals surface area contributed by atoms with Crippen molar-refractivity contribution in [2.45, 2.75) is 18.9 Å². The van der Waals surface area contributed by atoms with Crippen LogP contribution in [0.25, 0.3) is 11.1 Å². The zero-order valence-corrected chi connectivity index (χ0v) is 10.3. The fraction of sp³-hybridized carbons (Fsp3) is 0.385. The smallest absolute Gasteiger partial charge is 0.129 e. The first-order valence-corrected chi connectivity index (χ1v) is 6.11. The van der Waals surface area contributed by atoms with E-state index in [1.165, 1.54) is 0 Å². The molecule has 1 unspecified atom stereocenters. The molecule has 0 radical (unpaired) electrons. The van der Waals surface area contributed by atoms with Crippen molar-refractivity contribution < 1.29 is 4.74 Å². The predicted molar refractivity (Wildman–Crippen MR) is 68.8 cm³/mol. The number of anilines is 1. The number of hydrogen-bond acceptors (Lipinski definition) is 4. The molecule has 5 nitrogen and oxygen atoms in total. The van der Waals surface area contributed by atoms with Gasteiger partial charge in [-0.05, 0) is 30.5 Å². The average Bonchev–Trinajstić information content (AvgIpc) is 3.00. The Labute approximate surface area is 106 Å². The standard InChI is InChI=1S/C13H16N4O/c1-17-13(14)11(9-4-6-15-7-5-9)12(16-17)10-3-2-8-18-10/h4-7,10H,2-3,8,14H2,1H3. The minimum atomic E-state index is 0.0664. The molecule has 1 aliphatic heterocycles. The Morgan fingerprint density at radius 1 is 1.39 bits per heavy atom. The second kappa shape index (κ2) is 4.42. The Bertz CT molecular complexity index is 544. The van der Waals surface area contributed by atoms with E-state index < -0.39 is 0 Å². The molecule has 2 aromatic rings. The third-order valence-electron chi connectivity index (χ3n) is 3.32. The molecule has 0 aromatic carbocycles. The maximum absolute atomic E-state index is 6.13. The van der Waals surface area contributed by atoms with E-state index in [2.05, 4.69) is 10.1 Å². The van der Waals surface area contributed by atoms with Gasteiger partial charge in [-0.1, -0.05) is 0 Å². The molecule has 0 amide bonds. The molecule has 2 N–H and O–H groups in total. The van der Waals surface area contributed by atoms with Crippen molar-refractivity contribution in [1.29, 1.82) is 0 Å². The van der Waals surface area contributed by atoms with Crippen molar-refractivity contribution in [2.24, 2.45) is 7.05 Å². The lowest BCUT2D eigenvalue weighted by Gasteiger charge is -2.09. The number of pyridine rings is 1. The van der Waals surface area contributed by atoms with Crippen molar-refractivity contribution in [3.8, 4) is 11.1 Å². The van der Waals surface area contributed by atoms with E-state index in [-0.39, 0.29) is 6.10 Å². The highest BCUT2D eigenvalue weighted by Gasteiger charge is 2.26. The van der Waals surface area contributed by atoms with Gasteiger partial charge in [-0.15, -0.1) is 0 Å². The molecular formula is C13H16N4O. The largest absolute Gasteiger partial charge is 0.383 e. The Hall–Kier alpha value is -1.88. The first kappa shape index (κ1) is 11.2. The maximum atomic E-state index is 6.13. The number of hydrogen-bond donors (Lipinski definition) is 1. The van der Waals surface area contributed by atoms with Crippen molar-refractivity contribution in [2.75, 3.05) is 12.3 Å². The van der Waals surface area contributed by atoms with Gasteiger partial charge in [0.1, 0.15) is 17.6 Å². The van der Waals surface area contributed by atoms with Crippen LogP contribution in [-0.4, -0.2) is 21.4 Å². The van der Waals surface area contributed by atoms with E-state index in [0.717, 1.165) is 36.3 Å². The molecule has 18 heavy (non-hydrogen) atoms. The SMILES string of the molecule is Cn1nc(C2CCCO2)c(-c2ccncc2)c1N. The van der Waals surface area contributed by atoms with E-state index in [9.17, 15) is 0 Å². The second-order valence-corrected chi connectivity index (χ2v) is 4.51. The lowest BCUT2D eigenvalue weighted by Crippen LogP contribution is -2.00. The summed E-state index contributed by atoms with van der Waals surface area (Å²) in [7, 11) is 1.86. The number of ether oxygens (including phenoxy) is 1. The number of aryl methyl sites for hydroxylation is 1. The molecule has 1 fully saturated rings. The first-order chi connectivity index (χ1) is 8.77. The van der Waals surface area contributed by atoms with E-state index in [1.54, 1.807) is 17.1 Å². The summed E-state index contributed by atoms with van der Waals surface area (Å²) in [6.07, 6.45) is 5.68. The zero-order valence-electron chi connectivity index (χ0n) is 10.3. The summed E-state index contributed by atoms with van der Waals surface area (Å²) in [5.41, 5.74) is 9.09. The van der Waals surface area contributed by atoms with Crippen LogP contribution in [0.2, 0.25) is 0 Å². The van der Waals surface area contributed by atoms with Gasteiger partial charge in [0.05, 0.1) is 0 Å². The maximum Gasteiger partial charge on any atom is 0.129 e. The summed E-state index contributed by atoms with van der Waals surface area (Å²) >= 11 is 0. The van der Waals surface area contributed by atoms with Crippen molar-refractivity contribution in [1.82, 2.24) is 14.8 Å².